The molecular weight excluding hydrogens is 162 g/mol. The molecule has 0 radical (unpaired) electrons. The summed E-state index contributed by atoms with van der Waals surface area (Å²) < 4.78 is 0. The Morgan fingerprint density at radius 3 is 2.38 bits per heavy atom. The standard InChI is InChI=1S/C11H11NO/c13-11(10-6-7-12-8-10)9-4-2-1-3-5-9/h1-8,11-13H. The van der Waals surface area contributed by atoms with Gasteiger partial charge in [-0.1, -0.05) is 30.3 Å². The van der Waals surface area contributed by atoms with Crippen molar-refractivity contribution in [2.24, 2.45) is 0 Å². The van der Waals surface area contributed by atoms with Crippen LogP contribution in [0.4, 0.5) is 0 Å². The molecule has 0 aliphatic heterocycles. The third-order valence-corrected chi connectivity index (χ3v) is 2.05. The van der Waals surface area contributed by atoms with Crippen molar-refractivity contribution in [2.75, 3.05) is 0 Å². The maximum atomic E-state index is 9.86. The lowest BCUT2D eigenvalue weighted by atomic mass is 10.0. The Morgan fingerprint density at radius 2 is 1.77 bits per heavy atom. The van der Waals surface area contributed by atoms with Crippen LogP contribution in [0.3, 0.4) is 0 Å². The molecule has 1 heterocycles. The Bertz CT molecular complexity index is 353. The maximum absolute atomic E-state index is 9.86. The molecule has 0 aliphatic rings. The van der Waals surface area contributed by atoms with E-state index in [9.17, 15) is 5.11 Å². The van der Waals surface area contributed by atoms with Gasteiger partial charge in [0.25, 0.3) is 0 Å². The van der Waals surface area contributed by atoms with E-state index in [0.717, 1.165) is 11.1 Å². The van der Waals surface area contributed by atoms with E-state index in [-0.39, 0.29) is 0 Å². The van der Waals surface area contributed by atoms with E-state index >= 15 is 0 Å². The van der Waals surface area contributed by atoms with E-state index in [1.165, 1.54) is 0 Å². The van der Waals surface area contributed by atoms with Crippen LogP contribution in [0, 0.1) is 0 Å². The summed E-state index contributed by atoms with van der Waals surface area (Å²) in [5.41, 5.74) is 1.81. The summed E-state index contributed by atoms with van der Waals surface area (Å²) >= 11 is 0. The molecule has 0 spiro atoms. The van der Waals surface area contributed by atoms with Crippen LogP contribution in [0.25, 0.3) is 0 Å². The van der Waals surface area contributed by atoms with Gasteiger partial charge in [0.05, 0.1) is 0 Å². The number of benzene rings is 1. The van der Waals surface area contributed by atoms with Crippen LogP contribution >= 0.6 is 0 Å². The van der Waals surface area contributed by atoms with Crippen molar-refractivity contribution >= 4 is 0 Å². The van der Waals surface area contributed by atoms with E-state index in [0.29, 0.717) is 0 Å². The molecule has 0 fully saturated rings. The van der Waals surface area contributed by atoms with Crippen LogP contribution < -0.4 is 0 Å². The molecule has 2 nitrogen and oxygen atoms in total. The first-order chi connectivity index (χ1) is 6.38. The zero-order valence-electron chi connectivity index (χ0n) is 7.14. The van der Waals surface area contributed by atoms with Gasteiger partial charge >= 0.3 is 0 Å². The summed E-state index contributed by atoms with van der Waals surface area (Å²) in [5, 5.41) is 9.86. The molecule has 13 heavy (non-hydrogen) atoms. The van der Waals surface area contributed by atoms with E-state index in [1.54, 1.807) is 6.20 Å². The number of hydrogen-bond acceptors (Lipinski definition) is 1. The van der Waals surface area contributed by atoms with E-state index in [2.05, 4.69) is 4.98 Å². The van der Waals surface area contributed by atoms with Gasteiger partial charge in [-0.3, -0.25) is 0 Å². The highest BCUT2D eigenvalue weighted by molar-refractivity contribution is 5.27. The minimum Gasteiger partial charge on any atom is -0.384 e. The number of hydrogen-bond donors (Lipinski definition) is 2. The first-order valence-electron chi connectivity index (χ1n) is 4.23. The van der Waals surface area contributed by atoms with Crippen molar-refractivity contribution < 1.29 is 5.11 Å². The molecule has 1 atom stereocenters. The van der Waals surface area contributed by atoms with Gasteiger partial charge in [0, 0.05) is 18.0 Å². The van der Waals surface area contributed by atoms with E-state index in [4.69, 9.17) is 0 Å². The molecule has 0 aliphatic carbocycles. The van der Waals surface area contributed by atoms with Gasteiger partial charge in [-0.15, -0.1) is 0 Å². The maximum Gasteiger partial charge on any atom is 0.105 e. The van der Waals surface area contributed by atoms with Gasteiger partial charge in [-0.05, 0) is 11.6 Å². The van der Waals surface area contributed by atoms with Gasteiger partial charge in [0.2, 0.25) is 0 Å². The third kappa shape index (κ3) is 1.63. The van der Waals surface area contributed by atoms with Crippen molar-refractivity contribution in [1.29, 1.82) is 0 Å². The molecule has 0 amide bonds. The summed E-state index contributed by atoms with van der Waals surface area (Å²) in [6, 6.07) is 11.5. The SMILES string of the molecule is OC(c1ccccc1)c1cc[nH]c1. The third-order valence-electron chi connectivity index (χ3n) is 2.05. The second kappa shape index (κ2) is 3.46. The summed E-state index contributed by atoms with van der Waals surface area (Å²) in [5.74, 6) is 0. The zero-order chi connectivity index (χ0) is 9.10. The van der Waals surface area contributed by atoms with Crippen molar-refractivity contribution in [2.45, 2.75) is 6.10 Å². The highest BCUT2D eigenvalue weighted by Gasteiger charge is 2.08. The molecule has 2 N–H and O–H groups in total. The van der Waals surface area contributed by atoms with Gasteiger partial charge in [-0.2, -0.15) is 0 Å². The Morgan fingerprint density at radius 1 is 1.00 bits per heavy atom. The van der Waals surface area contributed by atoms with Crippen LogP contribution in [-0.2, 0) is 0 Å². The molecule has 1 unspecified atom stereocenters. The van der Waals surface area contributed by atoms with Crippen LogP contribution in [0.1, 0.15) is 17.2 Å². The number of nitrogens with one attached hydrogen (secondary N) is 1. The summed E-state index contributed by atoms with van der Waals surface area (Å²) in [6.07, 6.45) is 3.09. The molecule has 66 valence electrons. The normalized spacial score (nSPS) is 12.7. The van der Waals surface area contributed by atoms with Crippen molar-refractivity contribution in [1.82, 2.24) is 4.98 Å². The predicted molar refractivity (Wildman–Crippen MR) is 51.3 cm³/mol. The molecule has 1 aromatic carbocycles. The predicted octanol–water partition coefficient (Wildman–Crippen LogP) is 2.10. The van der Waals surface area contributed by atoms with Gasteiger partial charge < -0.3 is 10.1 Å². The second-order valence-electron chi connectivity index (χ2n) is 2.96. The van der Waals surface area contributed by atoms with Crippen molar-refractivity contribution in [3.05, 3.63) is 59.9 Å². The topological polar surface area (TPSA) is 36.0 Å². The monoisotopic (exact) mass is 173 g/mol. The Labute approximate surface area is 76.9 Å². The average Bonchev–Trinajstić information content (AvgIpc) is 2.71. The Balaban J connectivity index is 2.29. The highest BCUT2D eigenvalue weighted by Crippen LogP contribution is 2.20. The van der Waals surface area contributed by atoms with Crippen molar-refractivity contribution in [3.8, 4) is 0 Å². The molecule has 0 saturated heterocycles. The number of aromatic amines is 1. The lowest BCUT2D eigenvalue weighted by Gasteiger charge is -2.07. The fraction of sp³-hybridized carbons (Fsp3) is 0.0909. The average molecular weight is 173 g/mol. The molecular formula is C11H11NO. The minimum atomic E-state index is -0.521. The van der Waals surface area contributed by atoms with Gasteiger partial charge in [0.15, 0.2) is 0 Å². The smallest absolute Gasteiger partial charge is 0.105 e. The molecule has 0 saturated carbocycles. The summed E-state index contributed by atoms with van der Waals surface area (Å²) in [4.78, 5) is 2.92. The van der Waals surface area contributed by atoms with E-state index < -0.39 is 6.10 Å². The molecule has 0 bridgehead atoms. The Hall–Kier alpha value is -1.54. The van der Waals surface area contributed by atoms with E-state index in [1.807, 2.05) is 42.6 Å². The zero-order valence-corrected chi connectivity index (χ0v) is 7.14. The number of aromatic nitrogens is 1. The van der Waals surface area contributed by atoms with Crippen LogP contribution in [0.5, 0.6) is 0 Å². The van der Waals surface area contributed by atoms with Crippen LogP contribution in [0.15, 0.2) is 48.8 Å². The summed E-state index contributed by atoms with van der Waals surface area (Å²) in [6.45, 7) is 0. The fourth-order valence-electron chi connectivity index (χ4n) is 1.33. The number of H-pyrrole nitrogens is 1. The highest BCUT2D eigenvalue weighted by atomic mass is 16.3. The molecule has 2 aromatic rings. The molecule has 1 aromatic heterocycles. The lowest BCUT2D eigenvalue weighted by Crippen LogP contribution is -1.96. The number of rotatable bonds is 2. The van der Waals surface area contributed by atoms with Crippen LogP contribution in [0.2, 0.25) is 0 Å². The number of aliphatic hydroxyl groups is 1. The fourth-order valence-corrected chi connectivity index (χ4v) is 1.33. The minimum absolute atomic E-state index is 0.521. The second-order valence-corrected chi connectivity index (χ2v) is 2.96. The Kier molecular flexibility index (Phi) is 2.15. The first kappa shape index (κ1) is 8.08. The quantitative estimate of drug-likeness (QED) is 0.716. The van der Waals surface area contributed by atoms with Crippen molar-refractivity contribution in [3.63, 3.8) is 0 Å². The summed E-state index contributed by atoms with van der Waals surface area (Å²) in [7, 11) is 0. The lowest BCUT2D eigenvalue weighted by molar-refractivity contribution is 0.220. The first-order valence-corrected chi connectivity index (χ1v) is 4.23. The van der Waals surface area contributed by atoms with Gasteiger partial charge in [-0.25, -0.2) is 0 Å². The van der Waals surface area contributed by atoms with Crippen LogP contribution in [-0.4, -0.2) is 10.1 Å². The molecule has 2 heteroatoms. The molecule has 2 rings (SSSR count). The number of aliphatic hydroxyl groups excluding tert-OH is 1. The van der Waals surface area contributed by atoms with Gasteiger partial charge in [0.1, 0.15) is 6.10 Å². The largest absolute Gasteiger partial charge is 0.384 e.